The minimum Gasteiger partial charge on any atom is -0.478 e. The molecule has 0 aromatic heterocycles. The number of hydrogen-bond acceptors (Lipinski definition) is 5. The highest BCUT2D eigenvalue weighted by Gasteiger charge is 2.27. The highest BCUT2D eigenvalue weighted by Crippen LogP contribution is 2.46. The number of carbonyl (C=O) groups is 4. The number of fused-ring (bicyclic) bond motifs is 2. The fourth-order valence-electron chi connectivity index (χ4n) is 5.49. The van der Waals surface area contributed by atoms with Crippen molar-refractivity contribution in [2.45, 2.75) is 26.4 Å². The fraction of sp³-hybridized carbons (Fsp3) is 0.172. The average Bonchev–Trinajstić information content (AvgIpc) is 2.88. The molecule has 0 saturated carbocycles. The molecule has 5 aromatic carbocycles. The Balaban J connectivity index is 2.16. The van der Waals surface area contributed by atoms with E-state index in [1.807, 2.05) is 13.8 Å². The van der Waals surface area contributed by atoms with Gasteiger partial charge in [-0.1, -0.05) is 25.1 Å². The van der Waals surface area contributed by atoms with Crippen molar-refractivity contribution in [3.05, 3.63) is 70.3 Å². The molecule has 0 aliphatic carbocycles. The van der Waals surface area contributed by atoms with Crippen molar-refractivity contribution in [1.82, 2.24) is 0 Å². The standard InChI is InChI=1S/C29H24N2O7/c1-3-10-38-12(2)19-11-20(27(31)33)23-16(26(30)32)7-4-14-13-5-8-17(28(34)35)24-18(29(36)37)9-6-15(21(13)24)22(19)25(14)23/h4-9,11-12H,3,10H2,1-2H3,(H2,30,32)(H2,31,33)(H,34,35)(H,36,37). The van der Waals surface area contributed by atoms with E-state index in [-0.39, 0.29) is 33.0 Å². The molecule has 0 saturated heterocycles. The summed E-state index contributed by atoms with van der Waals surface area (Å²) in [7, 11) is 0. The molecule has 0 fully saturated rings. The van der Waals surface area contributed by atoms with Gasteiger partial charge in [0.05, 0.1) is 17.2 Å². The molecular formula is C29H24N2O7. The second kappa shape index (κ2) is 8.97. The van der Waals surface area contributed by atoms with E-state index in [4.69, 9.17) is 16.2 Å². The summed E-state index contributed by atoms with van der Waals surface area (Å²) in [5, 5.41) is 23.5. The van der Waals surface area contributed by atoms with E-state index >= 15 is 0 Å². The number of rotatable bonds is 8. The van der Waals surface area contributed by atoms with Crippen LogP contribution >= 0.6 is 0 Å². The van der Waals surface area contributed by atoms with E-state index in [0.29, 0.717) is 44.5 Å². The molecule has 0 radical (unpaired) electrons. The van der Waals surface area contributed by atoms with Gasteiger partial charge < -0.3 is 26.4 Å². The van der Waals surface area contributed by atoms with Crippen LogP contribution in [0.4, 0.5) is 0 Å². The van der Waals surface area contributed by atoms with Crippen molar-refractivity contribution in [3.63, 3.8) is 0 Å². The second-order valence-corrected chi connectivity index (χ2v) is 9.22. The van der Waals surface area contributed by atoms with Gasteiger partial charge in [0.15, 0.2) is 0 Å². The van der Waals surface area contributed by atoms with Gasteiger partial charge in [-0.05, 0) is 75.5 Å². The van der Waals surface area contributed by atoms with Gasteiger partial charge in [-0.3, -0.25) is 9.59 Å². The first-order valence-corrected chi connectivity index (χ1v) is 12.0. The van der Waals surface area contributed by atoms with E-state index in [1.165, 1.54) is 18.2 Å². The van der Waals surface area contributed by atoms with Crippen molar-refractivity contribution < 1.29 is 34.1 Å². The highest BCUT2D eigenvalue weighted by atomic mass is 16.5. The largest absolute Gasteiger partial charge is 0.478 e. The van der Waals surface area contributed by atoms with Crippen LogP contribution in [0.5, 0.6) is 0 Å². The Hall–Kier alpha value is -4.76. The van der Waals surface area contributed by atoms with Crippen LogP contribution in [0.1, 0.15) is 73.4 Å². The van der Waals surface area contributed by atoms with Gasteiger partial charge in [0, 0.05) is 28.5 Å². The van der Waals surface area contributed by atoms with Crippen LogP contribution in [-0.4, -0.2) is 40.6 Å². The number of carboxylic acids is 2. The van der Waals surface area contributed by atoms with E-state index in [1.54, 1.807) is 24.3 Å². The summed E-state index contributed by atoms with van der Waals surface area (Å²) in [6.07, 6.45) is 0.228. The first kappa shape index (κ1) is 24.9. The molecule has 5 aromatic rings. The van der Waals surface area contributed by atoms with Crippen LogP contribution in [0.25, 0.3) is 43.1 Å². The smallest absolute Gasteiger partial charge is 0.336 e. The van der Waals surface area contributed by atoms with Gasteiger partial charge in [-0.15, -0.1) is 0 Å². The Kier molecular flexibility index (Phi) is 5.88. The Labute approximate surface area is 215 Å². The van der Waals surface area contributed by atoms with Crippen LogP contribution in [-0.2, 0) is 4.74 Å². The summed E-state index contributed by atoms with van der Waals surface area (Å²) >= 11 is 0. The molecule has 38 heavy (non-hydrogen) atoms. The molecule has 5 rings (SSSR count). The predicted octanol–water partition coefficient (Wildman–Crippen LogP) is 4.82. The molecule has 6 N–H and O–H groups in total. The van der Waals surface area contributed by atoms with Crippen LogP contribution < -0.4 is 11.5 Å². The second-order valence-electron chi connectivity index (χ2n) is 9.22. The average molecular weight is 513 g/mol. The molecule has 0 aliphatic rings. The number of carbonyl (C=O) groups excluding carboxylic acids is 2. The molecule has 0 bridgehead atoms. The zero-order chi connectivity index (χ0) is 27.5. The summed E-state index contributed by atoms with van der Waals surface area (Å²) < 4.78 is 6.02. The molecule has 192 valence electrons. The number of benzene rings is 5. The highest BCUT2D eigenvalue weighted by molar-refractivity contribution is 6.38. The third kappa shape index (κ3) is 3.51. The van der Waals surface area contributed by atoms with E-state index in [0.717, 1.165) is 6.42 Å². The Morgan fingerprint density at radius 1 is 0.711 bits per heavy atom. The lowest BCUT2D eigenvalue weighted by Gasteiger charge is -2.23. The minimum atomic E-state index is -1.26. The lowest BCUT2D eigenvalue weighted by atomic mass is 9.81. The number of primary amides is 2. The molecule has 1 unspecified atom stereocenters. The van der Waals surface area contributed by atoms with Crippen molar-refractivity contribution in [3.8, 4) is 0 Å². The van der Waals surface area contributed by atoms with Gasteiger partial charge in [0.25, 0.3) is 0 Å². The molecule has 9 heteroatoms. The molecule has 0 aliphatic heterocycles. The van der Waals surface area contributed by atoms with Gasteiger partial charge in [0.1, 0.15) is 0 Å². The molecule has 0 spiro atoms. The van der Waals surface area contributed by atoms with Crippen molar-refractivity contribution in [2.75, 3.05) is 6.61 Å². The van der Waals surface area contributed by atoms with Crippen LogP contribution in [0.3, 0.4) is 0 Å². The topological polar surface area (TPSA) is 170 Å². The van der Waals surface area contributed by atoms with Crippen molar-refractivity contribution in [1.29, 1.82) is 0 Å². The number of ether oxygens (including phenoxy) is 1. The predicted molar refractivity (Wildman–Crippen MR) is 143 cm³/mol. The number of carboxylic acid groups (broad SMARTS) is 2. The number of aromatic carboxylic acids is 2. The van der Waals surface area contributed by atoms with Gasteiger partial charge in [0.2, 0.25) is 11.8 Å². The molecule has 0 heterocycles. The minimum absolute atomic E-state index is 0.0878. The van der Waals surface area contributed by atoms with Crippen LogP contribution in [0.15, 0.2) is 42.5 Å². The number of nitrogens with two attached hydrogens (primary N) is 2. The molecule has 9 nitrogen and oxygen atoms in total. The monoisotopic (exact) mass is 512 g/mol. The third-order valence-electron chi connectivity index (χ3n) is 7.04. The third-order valence-corrected chi connectivity index (χ3v) is 7.04. The van der Waals surface area contributed by atoms with Crippen LogP contribution in [0.2, 0.25) is 0 Å². The summed E-state index contributed by atoms with van der Waals surface area (Å²) in [6.45, 7) is 4.22. The van der Waals surface area contributed by atoms with Crippen molar-refractivity contribution in [2.24, 2.45) is 11.5 Å². The summed E-state index contributed by atoms with van der Waals surface area (Å²) in [4.78, 5) is 49.5. The lowest BCUT2D eigenvalue weighted by molar-refractivity contribution is 0.0671. The lowest BCUT2D eigenvalue weighted by Crippen LogP contribution is -2.18. The first-order valence-electron chi connectivity index (χ1n) is 12.0. The molecule has 1 atom stereocenters. The molecular weight excluding hydrogens is 488 g/mol. The maximum absolute atomic E-state index is 12.7. The van der Waals surface area contributed by atoms with E-state index < -0.39 is 29.9 Å². The maximum atomic E-state index is 12.7. The Morgan fingerprint density at radius 2 is 1.21 bits per heavy atom. The quantitative estimate of drug-likeness (QED) is 0.170. The summed E-state index contributed by atoms with van der Waals surface area (Å²) in [6, 6.07) is 10.7. The maximum Gasteiger partial charge on any atom is 0.336 e. The van der Waals surface area contributed by atoms with Crippen LogP contribution in [0, 0.1) is 0 Å². The number of amides is 2. The first-order chi connectivity index (χ1) is 18.1. The Morgan fingerprint density at radius 3 is 1.74 bits per heavy atom. The van der Waals surface area contributed by atoms with E-state index in [9.17, 15) is 29.4 Å². The fourth-order valence-corrected chi connectivity index (χ4v) is 5.49. The van der Waals surface area contributed by atoms with Gasteiger partial charge in [-0.2, -0.15) is 0 Å². The SMILES string of the molecule is CCCOC(C)c1cc(C(N)=O)c2c(C(N)=O)ccc3c4ccc(C(=O)O)c5c(C(=O)O)ccc(c1c23)c54. The Bertz CT molecular complexity index is 1820. The molecule has 2 amide bonds. The zero-order valence-electron chi connectivity index (χ0n) is 20.6. The normalized spacial score (nSPS) is 12.5. The zero-order valence-corrected chi connectivity index (χ0v) is 20.6. The van der Waals surface area contributed by atoms with Crippen molar-refractivity contribution >= 4 is 66.8 Å². The number of hydrogen-bond donors (Lipinski definition) is 4. The van der Waals surface area contributed by atoms with E-state index in [2.05, 4.69) is 0 Å². The van der Waals surface area contributed by atoms with Gasteiger partial charge in [-0.25, -0.2) is 9.59 Å². The summed E-state index contributed by atoms with van der Waals surface area (Å²) in [5.74, 6) is -4.02. The van der Waals surface area contributed by atoms with Gasteiger partial charge >= 0.3 is 11.9 Å². The summed E-state index contributed by atoms with van der Waals surface area (Å²) in [5.41, 5.74) is 12.0.